The number of hydrogen-bond acceptors (Lipinski definition) is 4. The fraction of sp³-hybridized carbons (Fsp3) is 0.478. The topological polar surface area (TPSA) is 41.9 Å². The van der Waals surface area contributed by atoms with Crippen LogP contribution in [0.3, 0.4) is 0 Å². The average molecular weight is 370 g/mol. The number of ether oxygens (including phenoxy) is 2. The average Bonchev–Trinajstić information content (AvgIpc) is 2.74. The molecule has 1 N–H and O–H groups in total. The van der Waals surface area contributed by atoms with Crippen molar-refractivity contribution in [3.05, 3.63) is 65.7 Å². The molecule has 2 aromatic rings. The van der Waals surface area contributed by atoms with Crippen molar-refractivity contribution in [1.29, 1.82) is 0 Å². The van der Waals surface area contributed by atoms with Gasteiger partial charge in [0.2, 0.25) is 0 Å². The first-order chi connectivity index (χ1) is 13.2. The molecule has 3 rings (SSSR count). The summed E-state index contributed by atoms with van der Waals surface area (Å²) in [5.41, 5.74) is 0.823. The van der Waals surface area contributed by atoms with E-state index < -0.39 is 5.60 Å². The fourth-order valence-corrected chi connectivity index (χ4v) is 3.48. The lowest BCUT2D eigenvalue weighted by Gasteiger charge is -2.34. The number of morpholine rings is 1. The molecule has 1 fully saturated rings. The first kappa shape index (κ1) is 19.9. The summed E-state index contributed by atoms with van der Waals surface area (Å²) in [7, 11) is 0. The molecule has 0 spiro atoms. The largest absolute Gasteiger partial charge is 0.494 e. The summed E-state index contributed by atoms with van der Waals surface area (Å²) in [6.45, 7) is 7.12. The second-order valence-corrected chi connectivity index (χ2v) is 7.16. The number of hydrogen-bond donors (Lipinski definition) is 1. The summed E-state index contributed by atoms with van der Waals surface area (Å²) in [5.74, 6) is 0.857. The van der Waals surface area contributed by atoms with Crippen molar-refractivity contribution in [1.82, 2.24) is 4.90 Å². The van der Waals surface area contributed by atoms with Crippen molar-refractivity contribution in [2.24, 2.45) is 0 Å². The summed E-state index contributed by atoms with van der Waals surface area (Å²) in [6, 6.07) is 17.9. The van der Waals surface area contributed by atoms with Crippen LogP contribution in [-0.4, -0.2) is 49.5 Å². The minimum Gasteiger partial charge on any atom is -0.494 e. The Morgan fingerprint density at radius 2 is 1.67 bits per heavy atom. The SMILES string of the molecule is CCCCOc1ccc([C@](O)(CCN2CCOCC2)c2ccccc2)cc1. The maximum Gasteiger partial charge on any atom is 0.119 e. The molecule has 0 saturated carbocycles. The van der Waals surface area contributed by atoms with Crippen molar-refractivity contribution < 1.29 is 14.6 Å². The zero-order valence-electron chi connectivity index (χ0n) is 16.3. The Morgan fingerprint density at radius 3 is 2.33 bits per heavy atom. The third-order valence-electron chi connectivity index (χ3n) is 5.24. The van der Waals surface area contributed by atoms with Gasteiger partial charge in [0.1, 0.15) is 11.4 Å². The predicted octanol–water partition coefficient (Wildman–Crippen LogP) is 3.82. The van der Waals surface area contributed by atoms with E-state index in [0.29, 0.717) is 6.42 Å². The van der Waals surface area contributed by atoms with Gasteiger partial charge >= 0.3 is 0 Å². The van der Waals surface area contributed by atoms with Gasteiger partial charge in [-0.25, -0.2) is 0 Å². The quantitative estimate of drug-likeness (QED) is 0.682. The Kier molecular flexibility index (Phi) is 7.27. The molecule has 1 heterocycles. The van der Waals surface area contributed by atoms with Crippen LogP contribution < -0.4 is 4.74 Å². The molecule has 1 saturated heterocycles. The van der Waals surface area contributed by atoms with Crippen LogP contribution in [0.2, 0.25) is 0 Å². The van der Waals surface area contributed by atoms with Crippen molar-refractivity contribution in [2.45, 2.75) is 31.8 Å². The van der Waals surface area contributed by atoms with E-state index in [2.05, 4.69) is 11.8 Å². The molecule has 4 nitrogen and oxygen atoms in total. The third-order valence-corrected chi connectivity index (χ3v) is 5.24. The van der Waals surface area contributed by atoms with Gasteiger partial charge in [0.15, 0.2) is 0 Å². The minimum atomic E-state index is -1.01. The van der Waals surface area contributed by atoms with Crippen LogP contribution in [0.4, 0.5) is 0 Å². The molecule has 0 aromatic heterocycles. The van der Waals surface area contributed by atoms with Crippen molar-refractivity contribution in [3.63, 3.8) is 0 Å². The van der Waals surface area contributed by atoms with Crippen molar-refractivity contribution in [2.75, 3.05) is 39.5 Å². The van der Waals surface area contributed by atoms with E-state index >= 15 is 0 Å². The van der Waals surface area contributed by atoms with Crippen LogP contribution in [0.5, 0.6) is 5.75 Å². The lowest BCUT2D eigenvalue weighted by molar-refractivity contribution is 0.0143. The van der Waals surface area contributed by atoms with Crippen molar-refractivity contribution in [3.8, 4) is 5.75 Å². The minimum absolute atomic E-state index is 0.646. The summed E-state index contributed by atoms with van der Waals surface area (Å²) in [5, 5.41) is 11.7. The standard InChI is InChI=1S/C23H31NO3/c1-2-3-17-27-22-11-9-21(10-12-22)23(25,20-7-5-4-6-8-20)13-14-24-15-18-26-19-16-24/h4-12,25H,2-3,13-19H2,1H3/t23-/m0/s1. The third kappa shape index (κ3) is 5.32. The molecule has 0 aliphatic carbocycles. The fourth-order valence-electron chi connectivity index (χ4n) is 3.48. The molecule has 0 bridgehead atoms. The van der Waals surface area contributed by atoms with Crippen LogP contribution in [0.15, 0.2) is 54.6 Å². The lowest BCUT2D eigenvalue weighted by Crippen LogP contribution is -2.40. The van der Waals surface area contributed by atoms with Gasteiger partial charge in [-0.2, -0.15) is 0 Å². The zero-order valence-corrected chi connectivity index (χ0v) is 16.3. The van der Waals surface area contributed by atoms with E-state index in [4.69, 9.17) is 9.47 Å². The molecule has 146 valence electrons. The Balaban J connectivity index is 1.76. The van der Waals surface area contributed by atoms with Crippen LogP contribution in [-0.2, 0) is 10.3 Å². The molecule has 1 atom stereocenters. The van der Waals surface area contributed by atoms with Crippen LogP contribution in [0, 0.1) is 0 Å². The molecule has 1 aliphatic heterocycles. The Labute approximate surface area is 162 Å². The first-order valence-corrected chi connectivity index (χ1v) is 10.0. The maximum absolute atomic E-state index is 11.7. The lowest BCUT2D eigenvalue weighted by atomic mass is 9.83. The summed E-state index contributed by atoms with van der Waals surface area (Å²) in [4.78, 5) is 2.36. The highest BCUT2D eigenvalue weighted by Gasteiger charge is 2.32. The summed E-state index contributed by atoms with van der Waals surface area (Å²) >= 11 is 0. The zero-order chi connectivity index (χ0) is 19.0. The molecule has 27 heavy (non-hydrogen) atoms. The van der Waals surface area contributed by atoms with E-state index in [1.807, 2.05) is 54.6 Å². The van der Waals surface area contributed by atoms with Crippen LogP contribution in [0.25, 0.3) is 0 Å². The molecular weight excluding hydrogens is 338 g/mol. The second kappa shape index (κ2) is 9.88. The van der Waals surface area contributed by atoms with Gasteiger partial charge in [-0.05, 0) is 36.1 Å². The highest BCUT2D eigenvalue weighted by atomic mass is 16.5. The Hall–Kier alpha value is -1.88. The number of nitrogens with zero attached hydrogens (tertiary/aromatic N) is 1. The molecule has 0 amide bonds. The molecule has 0 unspecified atom stereocenters. The van der Waals surface area contributed by atoms with Crippen LogP contribution >= 0.6 is 0 Å². The first-order valence-electron chi connectivity index (χ1n) is 10.0. The summed E-state index contributed by atoms with van der Waals surface area (Å²) in [6.07, 6.45) is 2.82. The number of benzene rings is 2. The van der Waals surface area contributed by atoms with E-state index in [1.165, 1.54) is 0 Å². The van der Waals surface area contributed by atoms with E-state index in [9.17, 15) is 5.11 Å². The van der Waals surface area contributed by atoms with E-state index in [-0.39, 0.29) is 0 Å². The number of unbranched alkanes of at least 4 members (excludes halogenated alkanes) is 1. The molecule has 2 aromatic carbocycles. The van der Waals surface area contributed by atoms with Crippen LogP contribution in [0.1, 0.15) is 37.3 Å². The van der Waals surface area contributed by atoms with Gasteiger partial charge in [0.25, 0.3) is 0 Å². The molecule has 4 heteroatoms. The second-order valence-electron chi connectivity index (χ2n) is 7.16. The number of rotatable bonds is 9. The smallest absolute Gasteiger partial charge is 0.119 e. The van der Waals surface area contributed by atoms with Gasteiger partial charge in [0, 0.05) is 19.6 Å². The van der Waals surface area contributed by atoms with Gasteiger partial charge in [-0.3, -0.25) is 4.90 Å². The maximum atomic E-state index is 11.7. The Bertz CT molecular complexity index is 668. The predicted molar refractivity (Wildman–Crippen MR) is 108 cm³/mol. The van der Waals surface area contributed by atoms with E-state index in [1.54, 1.807) is 0 Å². The Morgan fingerprint density at radius 1 is 1.00 bits per heavy atom. The van der Waals surface area contributed by atoms with Gasteiger partial charge < -0.3 is 14.6 Å². The highest BCUT2D eigenvalue weighted by molar-refractivity contribution is 5.38. The van der Waals surface area contributed by atoms with Gasteiger partial charge in [0.05, 0.1) is 19.8 Å². The molecule has 1 aliphatic rings. The van der Waals surface area contributed by atoms with E-state index in [0.717, 1.165) is 69.2 Å². The van der Waals surface area contributed by atoms with Gasteiger partial charge in [-0.15, -0.1) is 0 Å². The number of aliphatic hydroxyl groups is 1. The van der Waals surface area contributed by atoms with Crippen molar-refractivity contribution >= 4 is 0 Å². The molecular formula is C23H31NO3. The highest BCUT2D eigenvalue weighted by Crippen LogP contribution is 2.34. The monoisotopic (exact) mass is 369 g/mol. The van der Waals surface area contributed by atoms with Gasteiger partial charge in [-0.1, -0.05) is 55.8 Å². The summed E-state index contributed by atoms with van der Waals surface area (Å²) < 4.78 is 11.2. The molecule has 0 radical (unpaired) electrons. The normalized spacial score (nSPS) is 17.4.